The van der Waals surface area contributed by atoms with E-state index in [0.29, 0.717) is 30.7 Å². The summed E-state index contributed by atoms with van der Waals surface area (Å²) in [4.78, 5) is 23.6. The van der Waals surface area contributed by atoms with Crippen molar-refractivity contribution in [1.82, 2.24) is 0 Å². The molecular weight excluding hydrogens is 392 g/mol. The van der Waals surface area contributed by atoms with Crippen LogP contribution in [0.2, 0.25) is 0 Å². The van der Waals surface area contributed by atoms with Gasteiger partial charge in [0.2, 0.25) is 0 Å². The summed E-state index contributed by atoms with van der Waals surface area (Å²) in [5.74, 6) is -0.510. The van der Waals surface area contributed by atoms with E-state index in [1.165, 1.54) is 5.57 Å². The van der Waals surface area contributed by atoms with Gasteiger partial charge in [0.25, 0.3) is 0 Å². The number of benzene rings is 1. The average Bonchev–Trinajstić information content (AvgIpc) is 2.75. The summed E-state index contributed by atoms with van der Waals surface area (Å²) in [6, 6.07) is 9.11. The first kappa shape index (κ1) is 23.7. The molecule has 0 radical (unpaired) electrons. The number of hydrogen-bond donors (Lipinski definition) is 0. The highest BCUT2D eigenvalue weighted by Crippen LogP contribution is 2.42. The first-order valence-electron chi connectivity index (χ1n) is 11.5. The molecule has 2 heterocycles. The number of rotatable bonds is 7. The van der Waals surface area contributed by atoms with Crippen molar-refractivity contribution in [3.05, 3.63) is 47.5 Å². The van der Waals surface area contributed by atoms with E-state index in [1.54, 1.807) is 12.1 Å². The highest BCUT2D eigenvalue weighted by molar-refractivity contribution is 5.89. The summed E-state index contributed by atoms with van der Waals surface area (Å²) in [5.41, 5.74) is 1.73. The number of aldehydes is 1. The van der Waals surface area contributed by atoms with Gasteiger partial charge in [0.1, 0.15) is 12.4 Å². The molecule has 1 spiro atoms. The van der Waals surface area contributed by atoms with Crippen molar-refractivity contribution in [1.29, 1.82) is 0 Å². The average molecular weight is 429 g/mol. The molecule has 5 nitrogen and oxygen atoms in total. The third-order valence-corrected chi connectivity index (χ3v) is 6.52. The van der Waals surface area contributed by atoms with Crippen molar-refractivity contribution >= 4 is 12.3 Å². The van der Waals surface area contributed by atoms with Crippen LogP contribution in [-0.2, 0) is 19.0 Å². The fourth-order valence-electron chi connectivity index (χ4n) is 4.56. The second kappa shape index (κ2) is 10.6. The first-order valence-corrected chi connectivity index (χ1v) is 11.5. The Hall–Kier alpha value is -1.98. The van der Waals surface area contributed by atoms with E-state index < -0.39 is 5.79 Å². The topological polar surface area (TPSA) is 61.8 Å². The maximum absolute atomic E-state index is 12.7. The number of allylic oxidation sites excluding steroid dienone is 1. The van der Waals surface area contributed by atoms with Crippen LogP contribution in [0.5, 0.6) is 0 Å². The zero-order valence-electron chi connectivity index (χ0n) is 19.2. The largest absolute Gasteiger partial charge is 0.458 e. The predicted octanol–water partition coefficient (Wildman–Crippen LogP) is 5.48. The Bertz CT molecular complexity index is 773. The van der Waals surface area contributed by atoms with Gasteiger partial charge in [-0.15, -0.1) is 0 Å². The van der Waals surface area contributed by atoms with Gasteiger partial charge in [-0.2, -0.15) is 0 Å². The fourth-order valence-corrected chi connectivity index (χ4v) is 4.56. The molecule has 170 valence electrons. The van der Waals surface area contributed by atoms with Crippen LogP contribution in [0.3, 0.4) is 0 Å². The van der Waals surface area contributed by atoms with Crippen molar-refractivity contribution in [3.63, 3.8) is 0 Å². The van der Waals surface area contributed by atoms with E-state index in [2.05, 4.69) is 19.9 Å². The highest BCUT2D eigenvalue weighted by atomic mass is 16.7. The molecule has 5 heteroatoms. The van der Waals surface area contributed by atoms with Crippen LogP contribution in [0.25, 0.3) is 0 Å². The Morgan fingerprint density at radius 2 is 2.00 bits per heavy atom. The Morgan fingerprint density at radius 3 is 2.68 bits per heavy atom. The number of ether oxygens (including phenoxy) is 3. The maximum atomic E-state index is 12.7. The minimum atomic E-state index is -0.700. The summed E-state index contributed by atoms with van der Waals surface area (Å²) in [7, 11) is 0. The minimum absolute atomic E-state index is 0.0125. The van der Waals surface area contributed by atoms with Gasteiger partial charge < -0.3 is 19.0 Å². The van der Waals surface area contributed by atoms with Gasteiger partial charge >= 0.3 is 5.97 Å². The Kier molecular flexibility index (Phi) is 8.06. The van der Waals surface area contributed by atoms with Crippen LogP contribution in [0, 0.1) is 11.8 Å². The molecule has 3 rings (SSSR count). The fraction of sp³-hybridized carbons (Fsp3) is 0.615. The molecule has 0 N–H and O–H groups in total. The highest BCUT2D eigenvalue weighted by Gasteiger charge is 2.47. The monoisotopic (exact) mass is 428 g/mol. The van der Waals surface area contributed by atoms with Crippen molar-refractivity contribution < 1.29 is 23.8 Å². The van der Waals surface area contributed by atoms with Crippen molar-refractivity contribution in [3.8, 4) is 0 Å². The third kappa shape index (κ3) is 6.50. The van der Waals surface area contributed by atoms with Gasteiger partial charge in [-0.1, -0.05) is 43.7 Å². The Balaban J connectivity index is 1.72. The Morgan fingerprint density at radius 1 is 1.26 bits per heavy atom. The molecule has 0 aliphatic carbocycles. The van der Waals surface area contributed by atoms with E-state index in [9.17, 15) is 9.59 Å². The van der Waals surface area contributed by atoms with Crippen LogP contribution in [0.4, 0.5) is 0 Å². The lowest BCUT2D eigenvalue weighted by Crippen LogP contribution is -2.53. The lowest BCUT2D eigenvalue weighted by atomic mass is 9.86. The molecule has 0 aromatic heterocycles. The summed E-state index contributed by atoms with van der Waals surface area (Å²) in [6.07, 6.45) is 7.38. The Labute approximate surface area is 186 Å². The molecule has 0 saturated carbocycles. The zero-order valence-corrected chi connectivity index (χ0v) is 19.2. The summed E-state index contributed by atoms with van der Waals surface area (Å²) in [6.45, 7) is 8.26. The van der Waals surface area contributed by atoms with Gasteiger partial charge in [-0.05, 0) is 51.2 Å². The molecule has 31 heavy (non-hydrogen) atoms. The number of hydrogen-bond acceptors (Lipinski definition) is 5. The van der Waals surface area contributed by atoms with Gasteiger partial charge in [-0.3, -0.25) is 0 Å². The van der Waals surface area contributed by atoms with Crippen molar-refractivity contribution in [2.45, 2.75) is 90.3 Å². The molecule has 6 atom stereocenters. The summed E-state index contributed by atoms with van der Waals surface area (Å²) in [5, 5.41) is 0. The second-order valence-electron chi connectivity index (χ2n) is 9.43. The van der Waals surface area contributed by atoms with Gasteiger partial charge in [0.05, 0.1) is 17.8 Å². The zero-order chi connectivity index (χ0) is 22.4. The SMILES string of the molecule is C/C(=C\C[C@@H]1C[C@H](OC(=O)c2ccccc2)C[C@]2(CC[C@H](C)[C@@H](C)O2)O1)C[C@H](C)C=O. The summed E-state index contributed by atoms with van der Waals surface area (Å²) < 4.78 is 18.8. The van der Waals surface area contributed by atoms with E-state index >= 15 is 0 Å². The maximum Gasteiger partial charge on any atom is 0.338 e. The molecule has 0 bridgehead atoms. The molecule has 1 aromatic rings. The molecule has 2 aliphatic heterocycles. The quantitative estimate of drug-likeness (QED) is 0.327. The second-order valence-corrected chi connectivity index (χ2v) is 9.43. The number of carbonyl (C=O) groups is 2. The molecule has 2 fully saturated rings. The predicted molar refractivity (Wildman–Crippen MR) is 120 cm³/mol. The smallest absolute Gasteiger partial charge is 0.338 e. The molecular formula is C26H36O5. The summed E-state index contributed by atoms with van der Waals surface area (Å²) >= 11 is 0. The van der Waals surface area contributed by atoms with E-state index in [-0.39, 0.29) is 30.2 Å². The van der Waals surface area contributed by atoms with Crippen molar-refractivity contribution in [2.24, 2.45) is 11.8 Å². The number of esters is 1. The van der Waals surface area contributed by atoms with Gasteiger partial charge in [0.15, 0.2) is 5.79 Å². The van der Waals surface area contributed by atoms with Gasteiger partial charge in [-0.25, -0.2) is 4.79 Å². The van der Waals surface area contributed by atoms with Crippen molar-refractivity contribution in [2.75, 3.05) is 0 Å². The first-order chi connectivity index (χ1) is 14.8. The van der Waals surface area contributed by atoms with Crippen LogP contribution in [0.1, 0.15) is 76.6 Å². The molecule has 2 aliphatic rings. The number of carbonyl (C=O) groups excluding carboxylic acids is 2. The minimum Gasteiger partial charge on any atom is -0.458 e. The lowest BCUT2D eigenvalue weighted by molar-refractivity contribution is -0.331. The molecule has 0 unspecified atom stereocenters. The molecule has 1 aromatic carbocycles. The van der Waals surface area contributed by atoms with E-state index in [0.717, 1.165) is 25.5 Å². The lowest BCUT2D eigenvalue weighted by Gasteiger charge is -2.49. The molecule has 2 saturated heterocycles. The third-order valence-electron chi connectivity index (χ3n) is 6.52. The van der Waals surface area contributed by atoms with Gasteiger partial charge in [0, 0.05) is 25.2 Å². The van der Waals surface area contributed by atoms with E-state index in [4.69, 9.17) is 14.2 Å². The van der Waals surface area contributed by atoms with Crippen LogP contribution in [-0.4, -0.2) is 36.4 Å². The standard InChI is InChI=1S/C26H36O5/c1-18(14-19(2)17-27)10-11-23-15-24(29-25(28)22-8-6-5-7-9-22)16-26(31-23)13-12-20(3)21(4)30-26/h5-10,17,19-21,23-24H,11-16H2,1-4H3/b18-10+/t19-,20-,21+,23+,24-,26-/m0/s1. The molecule has 0 amide bonds. The normalized spacial score (nSPS) is 32.5. The van der Waals surface area contributed by atoms with Crippen LogP contribution in [0.15, 0.2) is 42.0 Å². The van der Waals surface area contributed by atoms with E-state index in [1.807, 2.05) is 32.0 Å². The van der Waals surface area contributed by atoms with Crippen LogP contribution >= 0.6 is 0 Å². The van der Waals surface area contributed by atoms with Crippen LogP contribution < -0.4 is 0 Å².